The lowest BCUT2D eigenvalue weighted by molar-refractivity contribution is 0.0926. The van der Waals surface area contributed by atoms with Crippen molar-refractivity contribution in [1.82, 2.24) is 0 Å². The number of rotatable bonds is 1. The first-order valence-electron chi connectivity index (χ1n) is 5.72. The predicted molar refractivity (Wildman–Crippen MR) is 78.5 cm³/mol. The van der Waals surface area contributed by atoms with Gasteiger partial charge in [-0.05, 0) is 36.4 Å². The van der Waals surface area contributed by atoms with Crippen molar-refractivity contribution in [3.8, 4) is 0 Å². The van der Waals surface area contributed by atoms with E-state index in [2.05, 4.69) is 0 Å². The fourth-order valence-electron chi connectivity index (χ4n) is 2.14. The number of imide groups is 1. The number of nitrogens with zero attached hydrogens (tertiary/aromatic N) is 1. The first-order chi connectivity index (χ1) is 9.49. The molecule has 1 aliphatic rings. The average Bonchev–Trinajstić information content (AvgIpc) is 2.63. The van der Waals surface area contributed by atoms with Gasteiger partial charge in [-0.15, -0.1) is 0 Å². The van der Waals surface area contributed by atoms with Crippen molar-refractivity contribution in [2.24, 2.45) is 0 Å². The summed E-state index contributed by atoms with van der Waals surface area (Å²) in [6, 6.07) is 9.19. The Bertz CT molecular complexity index is 759. The van der Waals surface area contributed by atoms with Gasteiger partial charge in [-0.25, -0.2) is 4.90 Å². The maximum absolute atomic E-state index is 12.4. The molecular weight excluding hydrogens is 299 g/mol. The highest BCUT2D eigenvalue weighted by atomic mass is 35.5. The monoisotopic (exact) mass is 306 g/mol. The van der Waals surface area contributed by atoms with Gasteiger partial charge in [0.2, 0.25) is 0 Å². The minimum Gasteiger partial charge on any atom is -0.399 e. The minimum atomic E-state index is -0.445. The van der Waals surface area contributed by atoms with Gasteiger partial charge < -0.3 is 5.73 Å². The number of nitrogen functional groups attached to an aromatic ring is 1. The van der Waals surface area contributed by atoms with E-state index in [0.29, 0.717) is 22.0 Å². The molecule has 0 atom stereocenters. The van der Waals surface area contributed by atoms with Gasteiger partial charge in [0.25, 0.3) is 11.8 Å². The Morgan fingerprint density at radius 3 is 2.30 bits per heavy atom. The van der Waals surface area contributed by atoms with Crippen LogP contribution >= 0.6 is 23.2 Å². The number of hydrogen-bond acceptors (Lipinski definition) is 3. The summed E-state index contributed by atoms with van der Waals surface area (Å²) in [5.41, 5.74) is 6.96. The van der Waals surface area contributed by atoms with Gasteiger partial charge in [0.1, 0.15) is 0 Å². The lowest BCUT2D eigenvalue weighted by Crippen LogP contribution is -2.29. The van der Waals surface area contributed by atoms with E-state index in [1.807, 2.05) is 0 Å². The van der Waals surface area contributed by atoms with E-state index in [1.54, 1.807) is 18.2 Å². The maximum atomic E-state index is 12.4. The number of fused-ring (bicyclic) bond motifs is 1. The fraction of sp³-hybridized carbons (Fsp3) is 0. The second kappa shape index (κ2) is 4.51. The predicted octanol–water partition coefficient (Wildman–Crippen LogP) is 3.38. The van der Waals surface area contributed by atoms with Crippen molar-refractivity contribution >= 4 is 46.4 Å². The maximum Gasteiger partial charge on any atom is 0.266 e. The zero-order valence-corrected chi connectivity index (χ0v) is 11.6. The van der Waals surface area contributed by atoms with E-state index in [4.69, 9.17) is 28.9 Å². The van der Waals surface area contributed by atoms with Crippen molar-refractivity contribution in [3.63, 3.8) is 0 Å². The van der Waals surface area contributed by atoms with E-state index >= 15 is 0 Å². The van der Waals surface area contributed by atoms with Gasteiger partial charge in [0, 0.05) is 10.7 Å². The molecule has 0 bridgehead atoms. The van der Waals surface area contributed by atoms with Gasteiger partial charge in [-0.3, -0.25) is 9.59 Å². The van der Waals surface area contributed by atoms with Crippen molar-refractivity contribution in [3.05, 3.63) is 57.6 Å². The number of amides is 2. The fourth-order valence-corrected chi connectivity index (χ4v) is 2.58. The first-order valence-corrected chi connectivity index (χ1v) is 6.48. The van der Waals surface area contributed by atoms with Gasteiger partial charge in [-0.1, -0.05) is 23.2 Å². The molecule has 0 spiro atoms. The topological polar surface area (TPSA) is 63.4 Å². The largest absolute Gasteiger partial charge is 0.399 e. The zero-order valence-electron chi connectivity index (χ0n) is 10.1. The Morgan fingerprint density at radius 2 is 1.60 bits per heavy atom. The summed E-state index contributed by atoms with van der Waals surface area (Å²) in [5, 5.41) is 0.640. The number of anilines is 2. The Balaban J connectivity index is 2.14. The van der Waals surface area contributed by atoms with Gasteiger partial charge in [0.15, 0.2) is 0 Å². The third kappa shape index (κ3) is 1.85. The van der Waals surface area contributed by atoms with E-state index in [0.717, 1.165) is 4.90 Å². The normalized spacial score (nSPS) is 13.8. The van der Waals surface area contributed by atoms with Crippen LogP contribution in [0.4, 0.5) is 11.4 Å². The van der Waals surface area contributed by atoms with Crippen LogP contribution in [0.1, 0.15) is 20.7 Å². The summed E-state index contributed by atoms with van der Waals surface area (Å²) in [6.07, 6.45) is 0. The number of hydrogen-bond donors (Lipinski definition) is 1. The molecule has 100 valence electrons. The summed E-state index contributed by atoms with van der Waals surface area (Å²) in [7, 11) is 0. The molecule has 2 aromatic carbocycles. The molecule has 0 radical (unpaired) electrons. The minimum absolute atomic E-state index is 0.241. The Kier molecular flexibility index (Phi) is 2.92. The lowest BCUT2D eigenvalue weighted by atomic mass is 10.1. The van der Waals surface area contributed by atoms with Crippen LogP contribution in [0.15, 0.2) is 36.4 Å². The smallest absolute Gasteiger partial charge is 0.266 e. The molecule has 3 rings (SSSR count). The molecule has 0 saturated carbocycles. The van der Waals surface area contributed by atoms with Crippen molar-refractivity contribution in [2.45, 2.75) is 0 Å². The second-order valence-corrected chi connectivity index (χ2v) is 5.19. The Hall–Kier alpha value is -2.04. The number of carbonyl (C=O) groups excluding carboxylic acids is 2. The summed E-state index contributed by atoms with van der Waals surface area (Å²) < 4.78 is 0. The number of halogens is 2. The van der Waals surface area contributed by atoms with Crippen LogP contribution in [-0.4, -0.2) is 11.8 Å². The van der Waals surface area contributed by atoms with Crippen LogP contribution in [0.5, 0.6) is 0 Å². The molecule has 0 aliphatic carbocycles. The molecule has 6 heteroatoms. The zero-order chi connectivity index (χ0) is 14.4. The van der Waals surface area contributed by atoms with E-state index in [-0.39, 0.29) is 10.6 Å². The summed E-state index contributed by atoms with van der Waals surface area (Å²) >= 11 is 11.9. The van der Waals surface area contributed by atoms with Crippen LogP contribution in [0.3, 0.4) is 0 Å². The van der Waals surface area contributed by atoms with Crippen LogP contribution in [0, 0.1) is 0 Å². The van der Waals surface area contributed by atoms with Crippen molar-refractivity contribution in [1.29, 1.82) is 0 Å². The molecular formula is C14H8Cl2N2O2. The second-order valence-electron chi connectivity index (χ2n) is 4.35. The highest BCUT2D eigenvalue weighted by Gasteiger charge is 2.37. The summed E-state index contributed by atoms with van der Waals surface area (Å²) in [6.45, 7) is 0. The van der Waals surface area contributed by atoms with E-state index in [9.17, 15) is 9.59 Å². The van der Waals surface area contributed by atoms with Crippen molar-refractivity contribution in [2.75, 3.05) is 10.6 Å². The average molecular weight is 307 g/mol. The first kappa shape index (κ1) is 13.0. The van der Waals surface area contributed by atoms with Gasteiger partial charge in [-0.2, -0.15) is 0 Å². The summed E-state index contributed by atoms with van der Waals surface area (Å²) in [5.74, 6) is -0.868. The molecule has 1 aliphatic heterocycles. The third-order valence-corrected chi connectivity index (χ3v) is 3.60. The molecule has 1 heterocycles. The third-order valence-electron chi connectivity index (χ3n) is 3.06. The van der Waals surface area contributed by atoms with Crippen molar-refractivity contribution < 1.29 is 9.59 Å². The molecule has 4 nitrogen and oxygen atoms in total. The highest BCUT2D eigenvalue weighted by Crippen LogP contribution is 2.35. The molecule has 0 saturated heterocycles. The van der Waals surface area contributed by atoms with Gasteiger partial charge in [0.05, 0.1) is 21.8 Å². The van der Waals surface area contributed by atoms with E-state index < -0.39 is 11.8 Å². The SMILES string of the molecule is Nc1ccc(N2C(=O)c3ccc(Cl)cc3C2=O)c(Cl)c1. The molecule has 0 unspecified atom stereocenters. The molecule has 2 N–H and O–H groups in total. The van der Waals surface area contributed by atoms with Crippen LogP contribution in [-0.2, 0) is 0 Å². The highest BCUT2D eigenvalue weighted by molar-refractivity contribution is 6.40. The quantitative estimate of drug-likeness (QED) is 0.649. The summed E-state index contributed by atoms with van der Waals surface area (Å²) in [4.78, 5) is 25.7. The number of nitrogens with two attached hydrogens (primary N) is 1. The molecule has 20 heavy (non-hydrogen) atoms. The Morgan fingerprint density at radius 1 is 0.900 bits per heavy atom. The van der Waals surface area contributed by atoms with Crippen LogP contribution < -0.4 is 10.6 Å². The number of benzene rings is 2. The molecule has 0 aromatic heterocycles. The van der Waals surface area contributed by atoms with E-state index in [1.165, 1.54) is 18.2 Å². The van der Waals surface area contributed by atoms with Crippen LogP contribution in [0.25, 0.3) is 0 Å². The van der Waals surface area contributed by atoms with Crippen LogP contribution in [0.2, 0.25) is 10.0 Å². The lowest BCUT2D eigenvalue weighted by Gasteiger charge is -2.15. The van der Waals surface area contributed by atoms with Gasteiger partial charge >= 0.3 is 0 Å². The Labute approximate surface area is 124 Å². The molecule has 2 aromatic rings. The molecule has 0 fully saturated rings. The standard InChI is InChI=1S/C14H8Cl2N2O2/c15-7-1-3-9-10(5-7)14(20)18(13(9)19)12-4-2-8(17)6-11(12)16/h1-6H,17H2. The molecule has 2 amide bonds. The number of carbonyl (C=O) groups is 2.